The van der Waals surface area contributed by atoms with E-state index in [0.29, 0.717) is 0 Å². The van der Waals surface area contributed by atoms with Crippen LogP contribution in [0.5, 0.6) is 5.75 Å². The molecule has 112 valence electrons. The van der Waals surface area contributed by atoms with E-state index in [0.717, 1.165) is 17.2 Å². The molecular weight excluding hydrogens is 295 g/mol. The van der Waals surface area contributed by atoms with Crippen LogP contribution in [0.3, 0.4) is 0 Å². The van der Waals surface area contributed by atoms with Crippen molar-refractivity contribution in [1.82, 2.24) is 5.06 Å². The van der Waals surface area contributed by atoms with Gasteiger partial charge in [0, 0.05) is 0 Å². The molecule has 0 spiro atoms. The average molecular weight is 303 g/mol. The summed E-state index contributed by atoms with van der Waals surface area (Å²) in [5, 5.41) is 1.09. The van der Waals surface area contributed by atoms with Crippen LogP contribution in [-0.2, 0) is 25.3 Å². The normalized spacial score (nSPS) is 25.5. The van der Waals surface area contributed by atoms with Gasteiger partial charge in [-0.2, -0.15) is 13.2 Å². The molecule has 3 rings (SSSR count). The van der Waals surface area contributed by atoms with Crippen LogP contribution in [0.4, 0.5) is 13.2 Å². The van der Waals surface area contributed by atoms with Crippen molar-refractivity contribution >= 4 is 11.9 Å². The zero-order valence-corrected chi connectivity index (χ0v) is 10.3. The van der Waals surface area contributed by atoms with E-state index in [-0.39, 0.29) is 12.3 Å². The number of fused-ring (bicyclic) bond motifs is 1. The van der Waals surface area contributed by atoms with Crippen LogP contribution in [0.15, 0.2) is 24.3 Å². The van der Waals surface area contributed by atoms with Crippen LogP contribution >= 0.6 is 0 Å². The first-order chi connectivity index (χ1) is 9.84. The van der Waals surface area contributed by atoms with Gasteiger partial charge >= 0.3 is 18.1 Å². The first-order valence-corrected chi connectivity index (χ1v) is 5.88. The van der Waals surface area contributed by atoms with E-state index in [4.69, 9.17) is 9.47 Å². The maximum Gasteiger partial charge on any atom is 0.436 e. The Labute approximate surface area is 115 Å². The number of nitrogens with zero attached hydrogens (tertiary/aromatic N) is 1. The summed E-state index contributed by atoms with van der Waals surface area (Å²) in [4.78, 5) is 26.5. The second-order valence-electron chi connectivity index (χ2n) is 4.46. The summed E-state index contributed by atoms with van der Waals surface area (Å²) >= 11 is 0. The lowest BCUT2D eigenvalue weighted by Gasteiger charge is -2.45. The Morgan fingerprint density at radius 3 is 2.71 bits per heavy atom. The fourth-order valence-electron chi connectivity index (χ4n) is 1.96. The minimum atomic E-state index is -4.47. The third-order valence-corrected chi connectivity index (χ3v) is 3.01. The maximum atomic E-state index is 12.6. The number of ether oxygens (including phenoxy) is 2. The molecular formula is C12H8F3NO5. The number of hydrogen-bond donors (Lipinski definition) is 0. The molecule has 2 heterocycles. The summed E-state index contributed by atoms with van der Waals surface area (Å²) in [5.74, 6) is -2.31. The standard InChI is InChI=1S/C12H8F3NO5/c13-12(14,15)6-2-1-3-7(4-6)19-8-5-16-9(8)20-10(17)11(18)21-16/h1-4,8-9H,5H2. The summed E-state index contributed by atoms with van der Waals surface area (Å²) in [6.07, 6.45) is -6.12. The minimum Gasteiger partial charge on any atom is -0.483 e. The molecule has 0 amide bonds. The summed E-state index contributed by atoms with van der Waals surface area (Å²) in [7, 11) is 0. The van der Waals surface area contributed by atoms with Crippen molar-refractivity contribution in [1.29, 1.82) is 0 Å². The van der Waals surface area contributed by atoms with E-state index >= 15 is 0 Å². The highest BCUT2D eigenvalue weighted by Crippen LogP contribution is 2.33. The topological polar surface area (TPSA) is 65.1 Å². The number of hydrogen-bond acceptors (Lipinski definition) is 6. The number of hydroxylamine groups is 2. The molecule has 9 heteroatoms. The van der Waals surface area contributed by atoms with Crippen molar-refractivity contribution in [2.75, 3.05) is 6.54 Å². The average Bonchev–Trinajstić information content (AvgIpc) is 2.41. The lowest BCUT2D eigenvalue weighted by atomic mass is 10.1. The van der Waals surface area contributed by atoms with E-state index in [9.17, 15) is 22.8 Å². The zero-order chi connectivity index (χ0) is 15.2. The zero-order valence-electron chi connectivity index (χ0n) is 10.3. The summed E-state index contributed by atoms with van der Waals surface area (Å²) in [6.45, 7) is 0.0972. The van der Waals surface area contributed by atoms with Crippen LogP contribution in [0, 0.1) is 0 Å². The number of carbonyl (C=O) groups is 2. The highest BCUT2D eigenvalue weighted by atomic mass is 19.4. The molecule has 2 saturated heterocycles. The van der Waals surface area contributed by atoms with Crippen LogP contribution < -0.4 is 4.74 Å². The lowest BCUT2D eigenvalue weighted by molar-refractivity contribution is -0.329. The van der Waals surface area contributed by atoms with Crippen molar-refractivity contribution in [3.05, 3.63) is 29.8 Å². The molecule has 0 bridgehead atoms. The fraction of sp³-hybridized carbons (Fsp3) is 0.333. The SMILES string of the molecule is O=C1OC2C(Oc3cccc(C(F)(F)F)c3)CN2OC1=O. The van der Waals surface area contributed by atoms with E-state index in [1.54, 1.807) is 0 Å². The Balaban J connectivity index is 1.69. The van der Waals surface area contributed by atoms with Gasteiger partial charge in [-0.15, -0.1) is 0 Å². The van der Waals surface area contributed by atoms with Gasteiger partial charge in [0.05, 0.1) is 12.1 Å². The van der Waals surface area contributed by atoms with Gasteiger partial charge in [-0.1, -0.05) is 11.1 Å². The van der Waals surface area contributed by atoms with Gasteiger partial charge in [-0.3, -0.25) is 0 Å². The van der Waals surface area contributed by atoms with Gasteiger partial charge in [-0.05, 0) is 18.2 Å². The largest absolute Gasteiger partial charge is 0.483 e. The number of halogens is 3. The maximum absolute atomic E-state index is 12.6. The molecule has 0 aromatic heterocycles. The minimum absolute atomic E-state index is 0.0116. The predicted octanol–water partition coefficient (Wildman–Crippen LogP) is 1.11. The molecule has 2 aliphatic rings. The first kappa shape index (κ1) is 13.7. The number of rotatable bonds is 2. The smallest absolute Gasteiger partial charge is 0.436 e. The van der Waals surface area contributed by atoms with Gasteiger partial charge in [0.15, 0.2) is 6.10 Å². The fourth-order valence-corrected chi connectivity index (χ4v) is 1.96. The number of carbonyl (C=O) groups excluding carboxylic acids is 2. The van der Waals surface area contributed by atoms with Gasteiger partial charge in [0.25, 0.3) is 0 Å². The van der Waals surface area contributed by atoms with Crippen LogP contribution in [0.1, 0.15) is 5.56 Å². The lowest BCUT2D eigenvalue weighted by Crippen LogP contribution is -2.67. The third-order valence-electron chi connectivity index (χ3n) is 3.01. The molecule has 2 aliphatic heterocycles. The van der Waals surface area contributed by atoms with E-state index in [1.807, 2.05) is 0 Å². The second-order valence-corrected chi connectivity index (χ2v) is 4.46. The predicted molar refractivity (Wildman–Crippen MR) is 58.5 cm³/mol. The van der Waals surface area contributed by atoms with Crippen molar-refractivity contribution in [3.8, 4) is 5.75 Å². The Morgan fingerprint density at radius 1 is 1.24 bits per heavy atom. The van der Waals surface area contributed by atoms with Crippen molar-refractivity contribution < 1.29 is 37.1 Å². The van der Waals surface area contributed by atoms with E-state index in [2.05, 4.69) is 4.84 Å². The van der Waals surface area contributed by atoms with E-state index < -0.39 is 36.0 Å². The monoisotopic (exact) mass is 303 g/mol. The van der Waals surface area contributed by atoms with Crippen molar-refractivity contribution in [3.63, 3.8) is 0 Å². The quantitative estimate of drug-likeness (QED) is 0.602. The molecule has 2 unspecified atom stereocenters. The first-order valence-electron chi connectivity index (χ1n) is 5.88. The molecule has 6 nitrogen and oxygen atoms in total. The molecule has 0 saturated carbocycles. The van der Waals surface area contributed by atoms with Crippen molar-refractivity contribution in [2.45, 2.75) is 18.5 Å². The molecule has 2 fully saturated rings. The summed E-state index contributed by atoms with van der Waals surface area (Å²) in [6, 6.07) is 4.33. The molecule has 21 heavy (non-hydrogen) atoms. The molecule has 1 aromatic rings. The molecule has 1 aromatic carbocycles. The Hall–Kier alpha value is -2.29. The van der Waals surface area contributed by atoms with Crippen molar-refractivity contribution in [2.24, 2.45) is 0 Å². The van der Waals surface area contributed by atoms with Gasteiger partial charge < -0.3 is 14.3 Å². The van der Waals surface area contributed by atoms with Gasteiger partial charge in [0.1, 0.15) is 5.75 Å². The summed E-state index contributed by atoms with van der Waals surface area (Å²) in [5.41, 5.74) is -0.844. The third kappa shape index (κ3) is 2.51. The highest BCUT2D eigenvalue weighted by Gasteiger charge is 2.52. The Bertz CT molecular complexity index is 603. The second kappa shape index (κ2) is 4.62. The molecule has 2 atom stereocenters. The highest BCUT2D eigenvalue weighted by molar-refractivity contribution is 6.30. The van der Waals surface area contributed by atoms with Crippen LogP contribution in [-0.4, -0.2) is 35.9 Å². The van der Waals surface area contributed by atoms with Crippen LogP contribution in [0.2, 0.25) is 0 Å². The summed E-state index contributed by atoms with van der Waals surface area (Å²) < 4.78 is 47.8. The Kier molecular flexibility index (Phi) is 3.01. The number of esters is 1. The number of benzene rings is 1. The van der Waals surface area contributed by atoms with Crippen LogP contribution in [0.25, 0.3) is 0 Å². The van der Waals surface area contributed by atoms with E-state index in [1.165, 1.54) is 12.1 Å². The van der Waals surface area contributed by atoms with Gasteiger partial charge in [0.2, 0.25) is 6.23 Å². The Morgan fingerprint density at radius 2 is 2.00 bits per heavy atom. The van der Waals surface area contributed by atoms with Gasteiger partial charge in [-0.25, -0.2) is 9.59 Å². The molecule has 0 aliphatic carbocycles. The molecule has 0 radical (unpaired) electrons. The molecule has 0 N–H and O–H groups in total. The number of alkyl halides is 3.